The third kappa shape index (κ3) is 3.12. The van der Waals surface area contributed by atoms with Gasteiger partial charge in [-0.05, 0) is 44.0 Å². The zero-order valence-electron chi connectivity index (χ0n) is 13.8. The monoisotopic (exact) mass is 335 g/mol. The molecule has 130 valence electrons. The first-order chi connectivity index (χ1) is 11.0. The number of benzene rings is 1. The molecule has 1 aromatic carbocycles. The Morgan fingerprint density at radius 1 is 1.17 bits per heavy atom. The predicted molar refractivity (Wildman–Crippen MR) is 87.2 cm³/mol. The summed E-state index contributed by atoms with van der Waals surface area (Å²) in [6.07, 6.45) is -2.18. The van der Waals surface area contributed by atoms with Crippen molar-refractivity contribution in [3.05, 3.63) is 29.3 Å². The standard InChI is InChI=1S/C16H21N3O5/c1-15(2,3)19(14(23)24)11-5-4-9-7-16(12(17)20,18-13(21)22)8-10(9)6-11/h4-6,18H,7-8H2,1-3H3,(H2,17,20)(H,21,22)(H,23,24). The van der Waals surface area contributed by atoms with Gasteiger partial charge in [0.15, 0.2) is 0 Å². The van der Waals surface area contributed by atoms with E-state index in [0.717, 1.165) is 5.56 Å². The van der Waals surface area contributed by atoms with E-state index in [4.69, 9.17) is 10.8 Å². The molecule has 24 heavy (non-hydrogen) atoms. The number of amides is 3. The molecule has 0 saturated heterocycles. The Balaban J connectivity index is 2.42. The van der Waals surface area contributed by atoms with Crippen LogP contribution in [0.3, 0.4) is 0 Å². The van der Waals surface area contributed by atoms with Crippen LogP contribution in [0.25, 0.3) is 0 Å². The molecular formula is C16H21N3O5. The lowest BCUT2D eigenvalue weighted by Gasteiger charge is -2.33. The molecule has 0 heterocycles. The minimum atomic E-state index is -1.40. The molecular weight excluding hydrogens is 314 g/mol. The molecule has 0 fully saturated rings. The highest BCUT2D eigenvalue weighted by molar-refractivity contribution is 5.91. The second kappa shape index (κ2) is 5.70. The topological polar surface area (TPSA) is 133 Å². The molecule has 1 aliphatic carbocycles. The van der Waals surface area contributed by atoms with Crippen LogP contribution in [-0.4, -0.2) is 39.4 Å². The number of hydrogen-bond acceptors (Lipinski definition) is 3. The van der Waals surface area contributed by atoms with Crippen molar-refractivity contribution in [2.24, 2.45) is 5.73 Å². The number of rotatable bonds is 3. The van der Waals surface area contributed by atoms with E-state index >= 15 is 0 Å². The zero-order chi connectivity index (χ0) is 18.3. The maximum absolute atomic E-state index is 11.8. The molecule has 2 rings (SSSR count). The number of carboxylic acid groups (broad SMARTS) is 2. The van der Waals surface area contributed by atoms with Gasteiger partial charge in [-0.25, -0.2) is 9.59 Å². The molecule has 0 radical (unpaired) electrons. The summed E-state index contributed by atoms with van der Waals surface area (Å²) in [5.74, 6) is -0.756. The van der Waals surface area contributed by atoms with E-state index in [9.17, 15) is 19.5 Å². The minimum absolute atomic E-state index is 0.0927. The van der Waals surface area contributed by atoms with Gasteiger partial charge >= 0.3 is 12.2 Å². The van der Waals surface area contributed by atoms with Crippen LogP contribution in [0.15, 0.2) is 18.2 Å². The average molecular weight is 335 g/mol. The lowest BCUT2D eigenvalue weighted by Crippen LogP contribution is -2.58. The van der Waals surface area contributed by atoms with Gasteiger partial charge in [0.25, 0.3) is 0 Å². The lowest BCUT2D eigenvalue weighted by atomic mass is 9.95. The van der Waals surface area contributed by atoms with Crippen molar-refractivity contribution in [3.63, 3.8) is 0 Å². The van der Waals surface area contributed by atoms with Crippen LogP contribution >= 0.6 is 0 Å². The second-order valence-electron chi connectivity index (χ2n) is 6.97. The fourth-order valence-electron chi connectivity index (χ4n) is 3.11. The van der Waals surface area contributed by atoms with E-state index < -0.39 is 29.2 Å². The van der Waals surface area contributed by atoms with Crippen LogP contribution in [0, 0.1) is 0 Å². The van der Waals surface area contributed by atoms with Crippen LogP contribution in [0.1, 0.15) is 31.9 Å². The van der Waals surface area contributed by atoms with Gasteiger partial charge in [0.1, 0.15) is 5.54 Å². The summed E-state index contributed by atoms with van der Waals surface area (Å²) in [7, 11) is 0. The summed E-state index contributed by atoms with van der Waals surface area (Å²) < 4.78 is 0. The molecule has 8 nitrogen and oxygen atoms in total. The van der Waals surface area contributed by atoms with Crippen LogP contribution in [0.5, 0.6) is 0 Å². The summed E-state index contributed by atoms with van der Waals surface area (Å²) in [5, 5.41) is 20.7. The van der Waals surface area contributed by atoms with Crippen molar-refractivity contribution in [1.29, 1.82) is 0 Å². The van der Waals surface area contributed by atoms with Crippen molar-refractivity contribution in [2.75, 3.05) is 4.90 Å². The van der Waals surface area contributed by atoms with Crippen molar-refractivity contribution >= 4 is 23.8 Å². The maximum atomic E-state index is 11.8. The van der Waals surface area contributed by atoms with Gasteiger partial charge in [-0.15, -0.1) is 0 Å². The average Bonchev–Trinajstić information content (AvgIpc) is 2.74. The van der Waals surface area contributed by atoms with Gasteiger partial charge in [-0.2, -0.15) is 0 Å². The molecule has 0 bridgehead atoms. The Bertz CT molecular complexity index is 710. The molecule has 0 spiro atoms. The quantitative estimate of drug-likeness (QED) is 0.665. The molecule has 5 N–H and O–H groups in total. The number of primary amides is 1. The smallest absolute Gasteiger partial charge is 0.412 e. The van der Waals surface area contributed by atoms with E-state index in [1.165, 1.54) is 4.90 Å². The van der Waals surface area contributed by atoms with Gasteiger partial charge in [0.05, 0.1) is 0 Å². The number of nitrogens with one attached hydrogen (secondary N) is 1. The molecule has 1 unspecified atom stereocenters. The number of hydrogen-bond donors (Lipinski definition) is 4. The van der Waals surface area contributed by atoms with E-state index in [2.05, 4.69) is 5.32 Å². The van der Waals surface area contributed by atoms with Crippen molar-refractivity contribution < 1.29 is 24.6 Å². The summed E-state index contributed by atoms with van der Waals surface area (Å²) in [6, 6.07) is 5.03. The first-order valence-electron chi connectivity index (χ1n) is 7.42. The molecule has 1 aliphatic rings. The number of anilines is 1. The highest BCUT2D eigenvalue weighted by atomic mass is 16.4. The third-order valence-electron chi connectivity index (χ3n) is 4.11. The van der Waals surface area contributed by atoms with Crippen LogP contribution in [-0.2, 0) is 17.6 Å². The highest BCUT2D eigenvalue weighted by Gasteiger charge is 2.44. The Hall–Kier alpha value is -2.77. The number of carbonyl (C=O) groups excluding carboxylic acids is 1. The number of fused-ring (bicyclic) bond motifs is 1. The van der Waals surface area contributed by atoms with Gasteiger partial charge < -0.3 is 21.3 Å². The summed E-state index contributed by atoms with van der Waals surface area (Å²) >= 11 is 0. The lowest BCUT2D eigenvalue weighted by molar-refractivity contribution is -0.123. The Kier molecular flexibility index (Phi) is 4.18. The normalized spacial score (nSPS) is 19.5. The van der Waals surface area contributed by atoms with E-state index in [1.807, 2.05) is 0 Å². The van der Waals surface area contributed by atoms with Crippen LogP contribution in [0.4, 0.5) is 15.3 Å². The van der Waals surface area contributed by atoms with Crippen LogP contribution in [0.2, 0.25) is 0 Å². The molecule has 1 aromatic rings. The number of nitrogens with two attached hydrogens (primary N) is 1. The summed E-state index contributed by atoms with van der Waals surface area (Å²) in [4.78, 5) is 35.6. The first kappa shape index (κ1) is 17.6. The molecule has 3 amide bonds. The number of carbonyl (C=O) groups is 3. The van der Waals surface area contributed by atoms with Gasteiger partial charge in [0.2, 0.25) is 5.91 Å². The fourth-order valence-corrected chi connectivity index (χ4v) is 3.11. The van der Waals surface area contributed by atoms with E-state index in [-0.39, 0.29) is 12.8 Å². The Labute approximate surface area is 139 Å². The van der Waals surface area contributed by atoms with E-state index in [0.29, 0.717) is 11.3 Å². The molecule has 0 saturated carbocycles. The van der Waals surface area contributed by atoms with Gasteiger partial charge in [-0.1, -0.05) is 6.07 Å². The SMILES string of the molecule is CC(C)(C)N(C(=O)O)c1ccc2c(c1)CC(NC(=O)O)(C(N)=O)C2. The molecule has 8 heteroatoms. The van der Waals surface area contributed by atoms with Crippen molar-refractivity contribution in [2.45, 2.75) is 44.7 Å². The largest absolute Gasteiger partial charge is 0.465 e. The minimum Gasteiger partial charge on any atom is -0.465 e. The maximum Gasteiger partial charge on any atom is 0.412 e. The first-order valence-corrected chi connectivity index (χ1v) is 7.42. The van der Waals surface area contributed by atoms with Gasteiger partial charge in [-0.3, -0.25) is 9.69 Å². The van der Waals surface area contributed by atoms with Crippen LogP contribution < -0.4 is 16.0 Å². The fraction of sp³-hybridized carbons (Fsp3) is 0.438. The molecule has 0 aromatic heterocycles. The highest BCUT2D eigenvalue weighted by Crippen LogP contribution is 2.34. The molecule has 0 aliphatic heterocycles. The zero-order valence-corrected chi connectivity index (χ0v) is 13.8. The summed E-state index contributed by atoms with van der Waals surface area (Å²) in [6.45, 7) is 5.32. The Morgan fingerprint density at radius 3 is 2.21 bits per heavy atom. The van der Waals surface area contributed by atoms with Crippen molar-refractivity contribution in [3.8, 4) is 0 Å². The van der Waals surface area contributed by atoms with Crippen molar-refractivity contribution in [1.82, 2.24) is 5.32 Å². The third-order valence-corrected chi connectivity index (χ3v) is 4.11. The predicted octanol–water partition coefficient (Wildman–Crippen LogP) is 1.56. The number of nitrogens with zero attached hydrogens (tertiary/aromatic N) is 1. The van der Waals surface area contributed by atoms with E-state index in [1.54, 1.807) is 39.0 Å². The summed E-state index contributed by atoms with van der Waals surface area (Å²) in [5.41, 5.74) is 5.29. The second-order valence-corrected chi connectivity index (χ2v) is 6.97. The molecule has 1 atom stereocenters. The Morgan fingerprint density at radius 2 is 1.75 bits per heavy atom. The van der Waals surface area contributed by atoms with Gasteiger partial charge in [0, 0.05) is 24.1 Å².